The molecule has 3 aromatic rings. The van der Waals surface area contributed by atoms with Crippen LogP contribution in [0.15, 0.2) is 48.5 Å². The molecule has 0 aliphatic rings. The molecule has 0 fully saturated rings. The maximum atomic E-state index is 2.30. The molecule has 0 unspecified atom stereocenters. The molecule has 3 rings (SSSR count). The minimum Gasteiger partial charge on any atom is -0.0616 e. The molecule has 16 heavy (non-hydrogen) atoms. The van der Waals surface area contributed by atoms with Gasteiger partial charge in [-0.25, -0.2) is 0 Å². The molecule has 3 aromatic carbocycles. The van der Waals surface area contributed by atoms with Gasteiger partial charge in [0, 0.05) is 0 Å². The van der Waals surface area contributed by atoms with Gasteiger partial charge in [-0.15, -0.1) is 0 Å². The Kier molecular flexibility index (Phi) is 1.97. The van der Waals surface area contributed by atoms with Crippen molar-refractivity contribution in [3.63, 3.8) is 0 Å². The highest BCUT2D eigenvalue weighted by molar-refractivity contribution is 6.03. The van der Waals surface area contributed by atoms with Gasteiger partial charge in [-0.05, 0) is 52.6 Å². The molecule has 0 nitrogen and oxygen atoms in total. The van der Waals surface area contributed by atoms with Crippen LogP contribution in [0.1, 0.15) is 11.1 Å². The number of rotatable bonds is 0. The predicted molar refractivity (Wildman–Crippen MR) is 70.9 cm³/mol. The third kappa shape index (κ3) is 1.23. The van der Waals surface area contributed by atoms with E-state index in [4.69, 9.17) is 0 Å². The monoisotopic (exact) mass is 206 g/mol. The summed E-state index contributed by atoms with van der Waals surface area (Å²) in [4.78, 5) is 0. The molecule has 0 radical (unpaired) electrons. The van der Waals surface area contributed by atoms with Crippen molar-refractivity contribution in [2.45, 2.75) is 13.8 Å². The van der Waals surface area contributed by atoms with Crippen molar-refractivity contribution >= 4 is 21.5 Å². The summed E-state index contributed by atoms with van der Waals surface area (Å²) in [5.74, 6) is 0. The Labute approximate surface area is 95.5 Å². The zero-order chi connectivity index (χ0) is 11.1. The molecule has 0 saturated carbocycles. The third-order valence-corrected chi connectivity index (χ3v) is 3.39. The predicted octanol–water partition coefficient (Wildman–Crippen LogP) is 4.61. The van der Waals surface area contributed by atoms with Crippen LogP contribution in [0.3, 0.4) is 0 Å². The van der Waals surface area contributed by atoms with Gasteiger partial charge < -0.3 is 0 Å². The van der Waals surface area contributed by atoms with Crippen molar-refractivity contribution in [2.75, 3.05) is 0 Å². The van der Waals surface area contributed by atoms with E-state index in [9.17, 15) is 0 Å². The van der Waals surface area contributed by atoms with E-state index in [1.165, 1.54) is 32.7 Å². The first-order chi connectivity index (χ1) is 7.77. The smallest absolute Gasteiger partial charge is 0.0146 e. The van der Waals surface area contributed by atoms with Crippen molar-refractivity contribution < 1.29 is 0 Å². The second kappa shape index (κ2) is 3.34. The van der Waals surface area contributed by atoms with Gasteiger partial charge >= 0.3 is 0 Å². The van der Waals surface area contributed by atoms with Crippen LogP contribution >= 0.6 is 0 Å². The van der Waals surface area contributed by atoms with E-state index in [-0.39, 0.29) is 0 Å². The second-order valence-electron chi connectivity index (χ2n) is 4.39. The van der Waals surface area contributed by atoms with Crippen LogP contribution in [0.2, 0.25) is 0 Å². The lowest BCUT2D eigenvalue weighted by Crippen LogP contribution is -1.84. The SMILES string of the molecule is Cc1cccc2c(C)c3ccccc3cc12. The standard InChI is InChI=1S/C16H14/c1-11-6-5-9-15-12(2)14-8-4-3-7-13(14)10-16(11)15/h3-10H,1-2H3. The molecule has 0 aliphatic carbocycles. The summed E-state index contributed by atoms with van der Waals surface area (Å²) in [6.07, 6.45) is 0. The lowest BCUT2D eigenvalue weighted by molar-refractivity contribution is 1.51. The average molecular weight is 206 g/mol. The van der Waals surface area contributed by atoms with Crippen molar-refractivity contribution in [3.05, 3.63) is 59.7 Å². The molecule has 0 spiro atoms. The summed E-state index contributed by atoms with van der Waals surface area (Å²) in [5.41, 5.74) is 2.74. The molecular weight excluding hydrogens is 192 g/mol. The van der Waals surface area contributed by atoms with E-state index in [1.807, 2.05) is 0 Å². The van der Waals surface area contributed by atoms with Gasteiger partial charge in [0.2, 0.25) is 0 Å². The summed E-state index contributed by atoms with van der Waals surface area (Å²) < 4.78 is 0. The largest absolute Gasteiger partial charge is 0.0616 e. The van der Waals surface area contributed by atoms with Gasteiger partial charge in [0.15, 0.2) is 0 Å². The average Bonchev–Trinajstić information content (AvgIpc) is 2.31. The van der Waals surface area contributed by atoms with Crippen LogP contribution in [0, 0.1) is 13.8 Å². The van der Waals surface area contributed by atoms with Crippen molar-refractivity contribution in [2.24, 2.45) is 0 Å². The fourth-order valence-electron chi connectivity index (χ4n) is 2.46. The lowest BCUT2D eigenvalue weighted by atomic mass is 9.95. The van der Waals surface area contributed by atoms with Crippen molar-refractivity contribution in [3.8, 4) is 0 Å². The molecule has 0 atom stereocenters. The molecule has 0 amide bonds. The lowest BCUT2D eigenvalue weighted by Gasteiger charge is -2.09. The molecule has 78 valence electrons. The van der Waals surface area contributed by atoms with Gasteiger partial charge in [-0.2, -0.15) is 0 Å². The zero-order valence-corrected chi connectivity index (χ0v) is 9.62. The Morgan fingerprint density at radius 2 is 1.44 bits per heavy atom. The highest BCUT2D eigenvalue weighted by Crippen LogP contribution is 2.29. The molecule has 0 bridgehead atoms. The summed E-state index contributed by atoms with van der Waals surface area (Å²) in [6, 6.07) is 17.4. The van der Waals surface area contributed by atoms with E-state index in [0.717, 1.165) is 0 Å². The maximum Gasteiger partial charge on any atom is -0.0146 e. The molecular formula is C16H14. The van der Waals surface area contributed by atoms with Crippen LogP contribution in [0.4, 0.5) is 0 Å². The Morgan fingerprint density at radius 1 is 0.688 bits per heavy atom. The number of aryl methyl sites for hydroxylation is 2. The van der Waals surface area contributed by atoms with Crippen LogP contribution in [0.25, 0.3) is 21.5 Å². The van der Waals surface area contributed by atoms with Gasteiger partial charge in [0.05, 0.1) is 0 Å². The summed E-state index contributed by atoms with van der Waals surface area (Å²) in [7, 11) is 0. The number of fused-ring (bicyclic) bond motifs is 2. The maximum absolute atomic E-state index is 2.30. The Balaban J connectivity index is 2.61. The Morgan fingerprint density at radius 3 is 2.31 bits per heavy atom. The van der Waals surface area contributed by atoms with Crippen molar-refractivity contribution in [1.29, 1.82) is 0 Å². The highest BCUT2D eigenvalue weighted by atomic mass is 14.1. The van der Waals surface area contributed by atoms with Gasteiger partial charge in [-0.3, -0.25) is 0 Å². The Bertz CT molecular complexity index is 678. The molecule has 0 aliphatic heterocycles. The van der Waals surface area contributed by atoms with Crippen LogP contribution in [0.5, 0.6) is 0 Å². The fraction of sp³-hybridized carbons (Fsp3) is 0.125. The molecule has 0 N–H and O–H groups in total. The minimum atomic E-state index is 1.34. The topological polar surface area (TPSA) is 0 Å². The molecule has 0 aromatic heterocycles. The normalized spacial score (nSPS) is 11.1. The highest BCUT2D eigenvalue weighted by Gasteiger charge is 2.04. The van der Waals surface area contributed by atoms with E-state index in [0.29, 0.717) is 0 Å². The quantitative estimate of drug-likeness (QED) is 0.471. The first kappa shape index (κ1) is 9.41. The van der Waals surface area contributed by atoms with E-state index >= 15 is 0 Å². The minimum absolute atomic E-state index is 1.34. The molecule has 0 heteroatoms. The van der Waals surface area contributed by atoms with Crippen LogP contribution < -0.4 is 0 Å². The first-order valence-electron chi connectivity index (χ1n) is 5.65. The number of benzene rings is 3. The zero-order valence-electron chi connectivity index (χ0n) is 9.62. The van der Waals surface area contributed by atoms with Crippen molar-refractivity contribution in [1.82, 2.24) is 0 Å². The van der Waals surface area contributed by atoms with Crippen LogP contribution in [-0.2, 0) is 0 Å². The van der Waals surface area contributed by atoms with Gasteiger partial charge in [0.25, 0.3) is 0 Å². The Hall–Kier alpha value is -1.82. The van der Waals surface area contributed by atoms with E-state index in [2.05, 4.69) is 62.4 Å². The fourth-order valence-corrected chi connectivity index (χ4v) is 2.46. The van der Waals surface area contributed by atoms with E-state index < -0.39 is 0 Å². The summed E-state index contributed by atoms with van der Waals surface area (Å²) >= 11 is 0. The first-order valence-corrected chi connectivity index (χ1v) is 5.65. The second-order valence-corrected chi connectivity index (χ2v) is 4.39. The number of hydrogen-bond acceptors (Lipinski definition) is 0. The van der Waals surface area contributed by atoms with Gasteiger partial charge in [0.1, 0.15) is 0 Å². The molecule has 0 heterocycles. The summed E-state index contributed by atoms with van der Waals surface area (Å²) in [6.45, 7) is 4.39. The van der Waals surface area contributed by atoms with Crippen LogP contribution in [-0.4, -0.2) is 0 Å². The third-order valence-electron chi connectivity index (χ3n) is 3.39. The summed E-state index contributed by atoms with van der Waals surface area (Å²) in [5, 5.41) is 5.44. The van der Waals surface area contributed by atoms with Gasteiger partial charge in [-0.1, -0.05) is 42.5 Å². The molecule has 0 saturated heterocycles. The van der Waals surface area contributed by atoms with E-state index in [1.54, 1.807) is 0 Å². The number of hydrogen-bond donors (Lipinski definition) is 0.